The van der Waals surface area contributed by atoms with Crippen LogP contribution in [0.3, 0.4) is 0 Å². The van der Waals surface area contributed by atoms with Crippen molar-refractivity contribution in [3.8, 4) is 0 Å². The molecule has 6 heteroatoms. The Balaban J connectivity index is 1.81. The fourth-order valence-corrected chi connectivity index (χ4v) is 2.22. The van der Waals surface area contributed by atoms with E-state index in [1.807, 2.05) is 10.6 Å². The van der Waals surface area contributed by atoms with Gasteiger partial charge >= 0.3 is 0 Å². The molecular formula is C11H16N6. The Kier molecular flexibility index (Phi) is 2.87. The second-order valence-corrected chi connectivity index (χ2v) is 4.36. The number of hydrogen-bond donors (Lipinski definition) is 2. The topological polar surface area (TPSA) is 67.1 Å². The van der Waals surface area contributed by atoms with Gasteiger partial charge in [0.25, 0.3) is 0 Å². The van der Waals surface area contributed by atoms with Gasteiger partial charge in [0.2, 0.25) is 5.65 Å². The van der Waals surface area contributed by atoms with E-state index in [0.717, 1.165) is 31.0 Å². The van der Waals surface area contributed by atoms with E-state index in [1.165, 1.54) is 12.8 Å². The van der Waals surface area contributed by atoms with Gasteiger partial charge in [-0.3, -0.25) is 4.40 Å². The number of rotatable bonds is 2. The van der Waals surface area contributed by atoms with Gasteiger partial charge in [-0.15, -0.1) is 10.2 Å². The van der Waals surface area contributed by atoms with Crippen LogP contribution in [0.4, 0.5) is 5.82 Å². The Bertz CT molecular complexity index is 485. The van der Waals surface area contributed by atoms with Gasteiger partial charge < -0.3 is 10.6 Å². The molecule has 0 saturated carbocycles. The maximum Gasteiger partial charge on any atom is 0.203 e. The molecule has 0 aliphatic carbocycles. The summed E-state index contributed by atoms with van der Waals surface area (Å²) in [6.45, 7) is 2.17. The number of nitrogens with one attached hydrogen (secondary N) is 2. The molecule has 90 valence electrons. The van der Waals surface area contributed by atoms with Gasteiger partial charge in [-0.05, 0) is 32.4 Å². The molecular weight excluding hydrogens is 216 g/mol. The largest absolute Gasteiger partial charge is 0.364 e. The van der Waals surface area contributed by atoms with E-state index in [0.29, 0.717) is 6.04 Å². The summed E-state index contributed by atoms with van der Waals surface area (Å²) in [5.74, 6) is 0.830. The summed E-state index contributed by atoms with van der Waals surface area (Å²) in [5.41, 5.74) is 0.796. The first-order chi connectivity index (χ1) is 8.43. The van der Waals surface area contributed by atoms with Crippen LogP contribution < -0.4 is 10.6 Å². The van der Waals surface area contributed by atoms with Crippen LogP contribution in [0.2, 0.25) is 0 Å². The van der Waals surface area contributed by atoms with E-state index < -0.39 is 0 Å². The zero-order valence-electron chi connectivity index (χ0n) is 9.63. The molecule has 17 heavy (non-hydrogen) atoms. The number of fused-ring (bicyclic) bond motifs is 1. The van der Waals surface area contributed by atoms with Crippen molar-refractivity contribution >= 4 is 11.5 Å². The lowest BCUT2D eigenvalue weighted by atomic mass is 10.1. The quantitative estimate of drug-likeness (QED) is 0.797. The van der Waals surface area contributed by atoms with Gasteiger partial charge in [0.1, 0.15) is 6.33 Å². The summed E-state index contributed by atoms with van der Waals surface area (Å²) < 4.78 is 1.88. The van der Waals surface area contributed by atoms with Crippen LogP contribution in [0.1, 0.15) is 19.3 Å². The SMILES string of the molecule is c1cn2cnnc2c(NC2CCCNCC2)n1. The van der Waals surface area contributed by atoms with Gasteiger partial charge in [-0.25, -0.2) is 4.98 Å². The third-order valence-corrected chi connectivity index (χ3v) is 3.13. The van der Waals surface area contributed by atoms with Crippen molar-refractivity contribution in [1.82, 2.24) is 24.9 Å². The van der Waals surface area contributed by atoms with Gasteiger partial charge in [0.15, 0.2) is 5.82 Å². The highest BCUT2D eigenvalue weighted by molar-refractivity contribution is 5.61. The van der Waals surface area contributed by atoms with Crippen molar-refractivity contribution in [2.24, 2.45) is 0 Å². The summed E-state index contributed by atoms with van der Waals surface area (Å²) in [6, 6.07) is 0.473. The summed E-state index contributed by atoms with van der Waals surface area (Å²) in [5, 5.41) is 14.9. The van der Waals surface area contributed by atoms with Crippen LogP contribution in [0.25, 0.3) is 5.65 Å². The molecule has 3 rings (SSSR count). The number of nitrogens with zero attached hydrogens (tertiary/aromatic N) is 4. The molecule has 0 spiro atoms. The Morgan fingerprint density at radius 1 is 1.35 bits per heavy atom. The summed E-state index contributed by atoms with van der Waals surface area (Å²) >= 11 is 0. The molecule has 2 N–H and O–H groups in total. The van der Waals surface area contributed by atoms with Gasteiger partial charge in [-0.2, -0.15) is 0 Å². The molecule has 3 heterocycles. The summed E-state index contributed by atoms with van der Waals surface area (Å²) in [7, 11) is 0. The van der Waals surface area contributed by atoms with E-state index in [2.05, 4.69) is 25.8 Å². The predicted molar refractivity (Wildman–Crippen MR) is 64.9 cm³/mol. The summed E-state index contributed by atoms with van der Waals surface area (Å²) in [4.78, 5) is 4.35. The zero-order valence-corrected chi connectivity index (χ0v) is 9.63. The first kappa shape index (κ1) is 10.5. The van der Waals surface area contributed by atoms with Crippen molar-refractivity contribution < 1.29 is 0 Å². The number of anilines is 1. The maximum atomic E-state index is 4.35. The van der Waals surface area contributed by atoms with Gasteiger partial charge in [-0.1, -0.05) is 0 Å². The molecule has 0 bridgehead atoms. The monoisotopic (exact) mass is 232 g/mol. The van der Waals surface area contributed by atoms with E-state index in [4.69, 9.17) is 0 Å². The van der Waals surface area contributed by atoms with Crippen LogP contribution in [0, 0.1) is 0 Å². The standard InChI is InChI=1S/C11H16N6/c1-2-9(3-5-12-4-1)15-10-11-16-14-8-17(11)7-6-13-10/h6-9,12H,1-5H2,(H,13,15). The highest BCUT2D eigenvalue weighted by atomic mass is 15.2. The van der Waals surface area contributed by atoms with Gasteiger partial charge in [0.05, 0.1) is 0 Å². The predicted octanol–water partition coefficient (Wildman–Crippen LogP) is 0.678. The van der Waals surface area contributed by atoms with E-state index >= 15 is 0 Å². The second kappa shape index (κ2) is 4.67. The fourth-order valence-electron chi connectivity index (χ4n) is 2.22. The Hall–Kier alpha value is -1.69. The van der Waals surface area contributed by atoms with Crippen LogP contribution in [0.5, 0.6) is 0 Å². The van der Waals surface area contributed by atoms with Crippen LogP contribution >= 0.6 is 0 Å². The van der Waals surface area contributed by atoms with E-state index in [9.17, 15) is 0 Å². The lowest BCUT2D eigenvalue weighted by molar-refractivity contribution is 0.635. The minimum atomic E-state index is 0.473. The molecule has 1 atom stereocenters. The minimum absolute atomic E-state index is 0.473. The molecule has 1 saturated heterocycles. The van der Waals surface area contributed by atoms with Crippen LogP contribution in [-0.2, 0) is 0 Å². The van der Waals surface area contributed by atoms with Gasteiger partial charge in [0, 0.05) is 18.4 Å². The molecule has 0 amide bonds. The van der Waals surface area contributed by atoms with E-state index in [1.54, 1.807) is 12.5 Å². The van der Waals surface area contributed by atoms with Crippen LogP contribution in [0.15, 0.2) is 18.7 Å². The first-order valence-electron chi connectivity index (χ1n) is 6.05. The highest BCUT2D eigenvalue weighted by Gasteiger charge is 2.14. The molecule has 0 aromatic carbocycles. The van der Waals surface area contributed by atoms with Crippen molar-refractivity contribution in [2.75, 3.05) is 18.4 Å². The van der Waals surface area contributed by atoms with E-state index in [-0.39, 0.29) is 0 Å². The maximum absolute atomic E-state index is 4.35. The van der Waals surface area contributed by atoms with Crippen molar-refractivity contribution in [2.45, 2.75) is 25.3 Å². The average molecular weight is 232 g/mol. The zero-order chi connectivity index (χ0) is 11.5. The smallest absolute Gasteiger partial charge is 0.203 e. The third-order valence-electron chi connectivity index (χ3n) is 3.13. The molecule has 6 nitrogen and oxygen atoms in total. The highest BCUT2D eigenvalue weighted by Crippen LogP contribution is 2.15. The normalized spacial score (nSPS) is 21.3. The number of hydrogen-bond acceptors (Lipinski definition) is 5. The Labute approximate surface area is 99.5 Å². The average Bonchev–Trinajstić information content (AvgIpc) is 2.69. The number of aromatic nitrogens is 4. The van der Waals surface area contributed by atoms with Crippen LogP contribution in [-0.4, -0.2) is 38.7 Å². The first-order valence-corrected chi connectivity index (χ1v) is 6.05. The minimum Gasteiger partial charge on any atom is -0.364 e. The second-order valence-electron chi connectivity index (χ2n) is 4.36. The lowest BCUT2D eigenvalue weighted by Gasteiger charge is -2.16. The molecule has 2 aromatic rings. The molecule has 1 aliphatic rings. The Morgan fingerprint density at radius 3 is 3.35 bits per heavy atom. The fraction of sp³-hybridized carbons (Fsp3) is 0.545. The van der Waals surface area contributed by atoms with Crippen molar-refractivity contribution in [1.29, 1.82) is 0 Å². The van der Waals surface area contributed by atoms with Crippen molar-refractivity contribution in [3.05, 3.63) is 18.7 Å². The molecule has 1 fully saturated rings. The molecule has 1 aliphatic heterocycles. The lowest BCUT2D eigenvalue weighted by Crippen LogP contribution is -2.22. The molecule has 0 radical (unpaired) electrons. The third kappa shape index (κ3) is 2.21. The van der Waals surface area contributed by atoms with Crippen molar-refractivity contribution in [3.63, 3.8) is 0 Å². The Morgan fingerprint density at radius 2 is 2.35 bits per heavy atom. The molecule has 2 aromatic heterocycles. The summed E-state index contributed by atoms with van der Waals surface area (Å²) in [6.07, 6.45) is 8.81. The molecule has 1 unspecified atom stereocenters.